The van der Waals surface area contributed by atoms with Crippen molar-refractivity contribution in [2.45, 2.75) is 45.7 Å². The molecule has 0 amide bonds. The van der Waals surface area contributed by atoms with Crippen molar-refractivity contribution in [1.29, 1.82) is 0 Å². The summed E-state index contributed by atoms with van der Waals surface area (Å²) in [6.45, 7) is 9.77. The predicted molar refractivity (Wildman–Crippen MR) is 98.6 cm³/mol. The number of rotatable bonds is 1. The van der Waals surface area contributed by atoms with Gasteiger partial charge in [-0.1, -0.05) is 17.0 Å². The SMILES string of the molecule is Cc1ccc(C#Cc2ccc(C3=NC(C)(C)C(C)(C)N3[O])cc2)cn1. The fourth-order valence-corrected chi connectivity index (χ4v) is 2.53. The standard InChI is InChI=1S/C21H22N3O/c1-15-6-7-17(14-22-15)9-8-16-10-12-18(13-11-16)19-23-20(2,3)21(4,5)24(19)25/h6-7,10-14H,1-5H3. The van der Waals surface area contributed by atoms with Crippen LogP contribution in [-0.4, -0.2) is 27.0 Å². The second-order valence-electron chi connectivity index (χ2n) is 7.36. The van der Waals surface area contributed by atoms with Crippen molar-refractivity contribution in [2.75, 3.05) is 0 Å². The number of aryl methyl sites for hydroxylation is 1. The van der Waals surface area contributed by atoms with Gasteiger partial charge in [-0.15, -0.1) is 0 Å². The molecule has 0 fully saturated rings. The molecule has 1 aliphatic heterocycles. The first-order valence-corrected chi connectivity index (χ1v) is 8.33. The van der Waals surface area contributed by atoms with E-state index in [1.807, 2.05) is 71.0 Å². The van der Waals surface area contributed by atoms with Crippen molar-refractivity contribution >= 4 is 5.84 Å². The van der Waals surface area contributed by atoms with Gasteiger partial charge in [0.1, 0.15) is 0 Å². The first-order chi connectivity index (χ1) is 11.7. The molecule has 2 aromatic rings. The lowest BCUT2D eigenvalue weighted by Gasteiger charge is -2.35. The highest BCUT2D eigenvalue weighted by Crippen LogP contribution is 2.38. The van der Waals surface area contributed by atoms with Crippen molar-refractivity contribution in [3.63, 3.8) is 0 Å². The maximum absolute atomic E-state index is 12.6. The molecule has 1 aromatic carbocycles. The number of amidine groups is 1. The van der Waals surface area contributed by atoms with Gasteiger partial charge in [-0.2, -0.15) is 5.06 Å². The molecule has 0 unspecified atom stereocenters. The summed E-state index contributed by atoms with van der Waals surface area (Å²) in [5.74, 6) is 6.70. The van der Waals surface area contributed by atoms with E-state index in [1.165, 1.54) is 0 Å². The number of benzene rings is 1. The molecule has 0 saturated heterocycles. The maximum atomic E-state index is 12.6. The van der Waals surface area contributed by atoms with Crippen LogP contribution in [0.25, 0.3) is 0 Å². The molecule has 1 radical (unpaired) electrons. The van der Waals surface area contributed by atoms with Crippen LogP contribution in [0.5, 0.6) is 0 Å². The zero-order valence-corrected chi connectivity index (χ0v) is 15.3. The summed E-state index contributed by atoms with van der Waals surface area (Å²) in [5.41, 5.74) is 2.56. The molecule has 0 N–H and O–H groups in total. The summed E-state index contributed by atoms with van der Waals surface area (Å²) in [7, 11) is 0. The largest absolute Gasteiger partial charge is 0.260 e. The summed E-state index contributed by atoms with van der Waals surface area (Å²) in [6, 6.07) is 11.5. The zero-order chi connectivity index (χ0) is 18.2. The van der Waals surface area contributed by atoms with E-state index in [0.717, 1.165) is 27.4 Å². The highest BCUT2D eigenvalue weighted by Gasteiger charge is 2.50. The zero-order valence-electron chi connectivity index (χ0n) is 15.3. The van der Waals surface area contributed by atoms with Crippen LogP contribution in [0, 0.1) is 18.8 Å². The van der Waals surface area contributed by atoms with Crippen LogP contribution in [0.1, 0.15) is 50.1 Å². The number of hydrogen-bond acceptors (Lipinski definition) is 3. The highest BCUT2D eigenvalue weighted by atomic mass is 16.5. The second-order valence-corrected chi connectivity index (χ2v) is 7.36. The average molecular weight is 332 g/mol. The van der Waals surface area contributed by atoms with Crippen molar-refractivity contribution in [2.24, 2.45) is 4.99 Å². The third kappa shape index (κ3) is 3.16. The van der Waals surface area contributed by atoms with Gasteiger partial charge in [-0.05, 0) is 71.0 Å². The van der Waals surface area contributed by atoms with Gasteiger partial charge in [0, 0.05) is 28.6 Å². The molecule has 1 aliphatic rings. The Balaban J connectivity index is 1.83. The van der Waals surface area contributed by atoms with E-state index in [2.05, 4.69) is 21.8 Å². The van der Waals surface area contributed by atoms with E-state index in [9.17, 15) is 5.21 Å². The predicted octanol–water partition coefficient (Wildman–Crippen LogP) is 3.75. The molecule has 2 heterocycles. The Morgan fingerprint density at radius 2 is 1.52 bits per heavy atom. The summed E-state index contributed by atoms with van der Waals surface area (Å²) in [6.07, 6.45) is 1.77. The van der Waals surface area contributed by atoms with Crippen LogP contribution in [0.2, 0.25) is 0 Å². The minimum atomic E-state index is -0.570. The molecule has 1 aromatic heterocycles. The van der Waals surface area contributed by atoms with Crippen LogP contribution in [-0.2, 0) is 5.21 Å². The topological polar surface area (TPSA) is 48.4 Å². The first kappa shape index (κ1) is 17.2. The third-order valence-corrected chi connectivity index (χ3v) is 4.99. The Labute approximate surface area is 149 Å². The van der Waals surface area contributed by atoms with E-state index >= 15 is 0 Å². The normalized spacial score (nSPS) is 17.7. The number of hydroxylamine groups is 2. The van der Waals surface area contributed by atoms with Gasteiger partial charge in [0.05, 0.1) is 11.1 Å². The molecule has 3 rings (SSSR count). The van der Waals surface area contributed by atoms with Crippen molar-refractivity contribution in [3.8, 4) is 11.8 Å². The van der Waals surface area contributed by atoms with Gasteiger partial charge in [-0.25, -0.2) is 0 Å². The van der Waals surface area contributed by atoms with Gasteiger partial charge >= 0.3 is 0 Å². The smallest absolute Gasteiger partial charge is 0.159 e. The third-order valence-electron chi connectivity index (χ3n) is 4.99. The molecular weight excluding hydrogens is 310 g/mol. The number of pyridine rings is 1. The van der Waals surface area contributed by atoms with E-state index in [0.29, 0.717) is 5.84 Å². The van der Waals surface area contributed by atoms with Gasteiger partial charge in [0.2, 0.25) is 0 Å². The summed E-state index contributed by atoms with van der Waals surface area (Å²) >= 11 is 0. The molecule has 0 saturated carbocycles. The number of aliphatic imine (C=N–C) groups is 1. The van der Waals surface area contributed by atoms with Crippen LogP contribution >= 0.6 is 0 Å². The lowest BCUT2D eigenvalue weighted by molar-refractivity contribution is -0.158. The molecule has 0 spiro atoms. The first-order valence-electron chi connectivity index (χ1n) is 8.33. The van der Waals surface area contributed by atoms with Crippen molar-refractivity contribution in [3.05, 3.63) is 65.0 Å². The molecule has 127 valence electrons. The van der Waals surface area contributed by atoms with E-state index < -0.39 is 11.1 Å². The van der Waals surface area contributed by atoms with Crippen molar-refractivity contribution in [1.82, 2.24) is 10.0 Å². The van der Waals surface area contributed by atoms with Crippen LogP contribution in [0.15, 0.2) is 47.6 Å². The molecule has 25 heavy (non-hydrogen) atoms. The van der Waals surface area contributed by atoms with Gasteiger partial charge in [0.15, 0.2) is 5.84 Å². The monoisotopic (exact) mass is 332 g/mol. The molecule has 4 heteroatoms. The summed E-state index contributed by atoms with van der Waals surface area (Å²) in [5, 5.41) is 13.6. The lowest BCUT2D eigenvalue weighted by Crippen LogP contribution is -2.50. The van der Waals surface area contributed by atoms with Gasteiger partial charge in [-0.3, -0.25) is 9.98 Å². The Morgan fingerprint density at radius 1 is 0.920 bits per heavy atom. The molecule has 4 nitrogen and oxygen atoms in total. The van der Waals surface area contributed by atoms with Gasteiger partial charge < -0.3 is 0 Å². The Morgan fingerprint density at radius 3 is 2.04 bits per heavy atom. The van der Waals surface area contributed by atoms with Crippen LogP contribution in [0.4, 0.5) is 0 Å². The van der Waals surface area contributed by atoms with Crippen LogP contribution in [0.3, 0.4) is 0 Å². The summed E-state index contributed by atoms with van der Waals surface area (Å²) in [4.78, 5) is 8.88. The van der Waals surface area contributed by atoms with E-state index in [4.69, 9.17) is 0 Å². The van der Waals surface area contributed by atoms with Crippen molar-refractivity contribution < 1.29 is 5.21 Å². The molecular formula is C21H22N3O. The maximum Gasteiger partial charge on any atom is 0.159 e. The fourth-order valence-electron chi connectivity index (χ4n) is 2.53. The fraction of sp³-hybridized carbons (Fsp3) is 0.333. The minimum absolute atomic E-state index is 0.430. The van der Waals surface area contributed by atoms with E-state index in [1.54, 1.807) is 6.20 Å². The number of nitrogens with zero attached hydrogens (tertiary/aromatic N) is 3. The quantitative estimate of drug-likeness (QED) is 0.747. The number of hydrogen-bond donors (Lipinski definition) is 0. The summed E-state index contributed by atoms with van der Waals surface area (Å²) < 4.78 is 0. The highest BCUT2D eigenvalue weighted by molar-refractivity contribution is 6.00. The Hall–Kier alpha value is -2.64. The lowest BCUT2D eigenvalue weighted by atomic mass is 9.84. The molecule has 0 aliphatic carbocycles. The van der Waals surface area contributed by atoms with Crippen LogP contribution < -0.4 is 0 Å². The van der Waals surface area contributed by atoms with Gasteiger partial charge in [0.25, 0.3) is 0 Å². The minimum Gasteiger partial charge on any atom is -0.260 e. The Bertz CT molecular complexity index is 866. The Kier molecular flexibility index (Phi) is 4.14. The molecule has 0 atom stereocenters. The second kappa shape index (κ2) is 6.02. The average Bonchev–Trinajstić information content (AvgIpc) is 2.74. The molecule has 0 bridgehead atoms. The van der Waals surface area contributed by atoms with E-state index in [-0.39, 0.29) is 0 Å². The number of aromatic nitrogens is 1.